The number of rotatable bonds is 2. The van der Waals surface area contributed by atoms with Crippen molar-refractivity contribution >= 4 is 25.8 Å². The van der Waals surface area contributed by atoms with E-state index < -0.39 is 0 Å². The molecule has 0 saturated carbocycles. The predicted molar refractivity (Wildman–Crippen MR) is 52.8 cm³/mol. The Hall–Kier alpha value is 0.830. The fraction of sp³-hybridized carbons (Fsp3) is 1.00. The third-order valence-electron chi connectivity index (χ3n) is 0.596. The molecule has 0 bridgehead atoms. The number of nitrogens with zero attached hydrogens (tertiary/aromatic N) is 1. The van der Waals surface area contributed by atoms with Crippen LogP contribution >= 0.6 is 0 Å². The van der Waals surface area contributed by atoms with Crippen molar-refractivity contribution < 1.29 is 0 Å². The van der Waals surface area contributed by atoms with Gasteiger partial charge in [0.05, 0.1) is 0 Å². The second-order valence-corrected chi connectivity index (χ2v) is 2.34. The summed E-state index contributed by atoms with van der Waals surface area (Å²) in [5.41, 5.74) is 0. The molecule has 0 amide bonds. The molecule has 0 atom stereocenters. The van der Waals surface area contributed by atoms with Crippen LogP contribution in [0, 0.1) is 0 Å². The van der Waals surface area contributed by atoms with E-state index in [9.17, 15) is 0 Å². The standard InChI is InChI=1S/C6H14N.2CH4.In/c1-5(2)7-6(3)4;;;/h5-6H,1-4H3;2*1H4;/q-1;;;+1. The van der Waals surface area contributed by atoms with Gasteiger partial charge in [-0.15, -0.1) is 12.1 Å². The summed E-state index contributed by atoms with van der Waals surface area (Å²) in [6.45, 7) is 8.39. The number of hydrogen-bond donors (Lipinski definition) is 0. The van der Waals surface area contributed by atoms with Crippen LogP contribution in [0.25, 0.3) is 5.32 Å². The maximum Gasteiger partial charge on any atom is 1.00 e. The first kappa shape index (κ1) is 22.4. The molecule has 0 saturated heterocycles. The molecule has 0 aliphatic carbocycles. The summed E-state index contributed by atoms with van der Waals surface area (Å²) < 4.78 is 0. The summed E-state index contributed by atoms with van der Waals surface area (Å²) in [6, 6.07) is 1.000. The molecule has 0 aromatic rings. The van der Waals surface area contributed by atoms with Gasteiger partial charge in [-0.2, -0.15) is 0 Å². The molecule has 0 aliphatic heterocycles. The molecule has 0 aliphatic rings. The zero-order valence-electron chi connectivity index (χ0n) is 6.18. The summed E-state index contributed by atoms with van der Waals surface area (Å²) >= 11 is 0. The average Bonchev–Trinajstić information content (AvgIpc) is 1.27. The molecule has 0 unspecified atom stereocenters. The van der Waals surface area contributed by atoms with Crippen molar-refractivity contribution in [1.82, 2.24) is 0 Å². The zero-order valence-corrected chi connectivity index (χ0v) is 9.47. The van der Waals surface area contributed by atoms with Crippen molar-refractivity contribution in [2.45, 2.75) is 54.6 Å². The minimum Gasteiger partial charge on any atom is -0.658 e. The van der Waals surface area contributed by atoms with Crippen molar-refractivity contribution in [2.24, 2.45) is 0 Å². The monoisotopic (exact) mass is 247 g/mol. The molecule has 0 heterocycles. The quantitative estimate of drug-likeness (QED) is 0.712. The van der Waals surface area contributed by atoms with E-state index in [4.69, 9.17) is 0 Å². The van der Waals surface area contributed by atoms with Gasteiger partial charge in [0.15, 0.2) is 0 Å². The summed E-state index contributed by atoms with van der Waals surface area (Å²) in [5.74, 6) is 0. The molecule has 0 rings (SSSR count). The van der Waals surface area contributed by atoms with Gasteiger partial charge in [0.2, 0.25) is 0 Å². The van der Waals surface area contributed by atoms with Crippen LogP contribution in [-0.2, 0) is 0 Å². The molecular weight excluding hydrogens is 225 g/mol. The van der Waals surface area contributed by atoms with E-state index in [1.165, 1.54) is 0 Å². The van der Waals surface area contributed by atoms with Gasteiger partial charge in [-0.1, -0.05) is 42.5 Å². The Morgan fingerprint density at radius 3 is 1.00 bits per heavy atom. The van der Waals surface area contributed by atoms with Gasteiger partial charge in [-0.25, -0.2) is 0 Å². The smallest absolute Gasteiger partial charge is 0.658 e. The Labute approximate surface area is 85.8 Å². The summed E-state index contributed by atoms with van der Waals surface area (Å²) in [6.07, 6.45) is 0. The van der Waals surface area contributed by atoms with Gasteiger partial charge >= 0.3 is 25.8 Å². The van der Waals surface area contributed by atoms with Crippen molar-refractivity contribution in [2.75, 3.05) is 0 Å². The Balaban J connectivity index is -0.0000000600. The van der Waals surface area contributed by atoms with Gasteiger partial charge in [-0.3, -0.25) is 0 Å². The molecule has 1 nitrogen and oxygen atoms in total. The second kappa shape index (κ2) is 12.5. The number of hydrogen-bond acceptors (Lipinski definition) is 0. The van der Waals surface area contributed by atoms with Crippen LogP contribution in [0.4, 0.5) is 0 Å². The molecule has 0 N–H and O–H groups in total. The molecule has 10 heavy (non-hydrogen) atoms. The molecule has 0 fully saturated rings. The molecule has 2 heteroatoms. The Morgan fingerprint density at radius 2 is 1.00 bits per heavy atom. The molecule has 62 valence electrons. The van der Waals surface area contributed by atoms with Crippen LogP contribution in [0.3, 0.4) is 0 Å². The van der Waals surface area contributed by atoms with Crippen molar-refractivity contribution in [1.29, 1.82) is 0 Å². The van der Waals surface area contributed by atoms with E-state index in [0.717, 1.165) is 0 Å². The van der Waals surface area contributed by atoms with E-state index in [-0.39, 0.29) is 40.7 Å². The van der Waals surface area contributed by atoms with Crippen LogP contribution in [-0.4, -0.2) is 37.9 Å². The molecule has 0 aromatic carbocycles. The third kappa shape index (κ3) is 23.2. The van der Waals surface area contributed by atoms with Crippen LogP contribution in [0.5, 0.6) is 0 Å². The summed E-state index contributed by atoms with van der Waals surface area (Å²) in [7, 11) is 0. The van der Waals surface area contributed by atoms with Crippen LogP contribution in [0.2, 0.25) is 0 Å². The van der Waals surface area contributed by atoms with Gasteiger partial charge in [0.1, 0.15) is 0 Å². The zero-order chi connectivity index (χ0) is 5.86. The third-order valence-corrected chi connectivity index (χ3v) is 0.596. The van der Waals surface area contributed by atoms with Crippen LogP contribution in [0.15, 0.2) is 0 Å². The first-order chi connectivity index (χ1) is 3.13. The SMILES string of the molecule is C.C.CC(C)[N-]C(C)C.[In+]. The van der Waals surface area contributed by atoms with Gasteiger partial charge in [-0.05, 0) is 0 Å². The van der Waals surface area contributed by atoms with Gasteiger partial charge in [0, 0.05) is 0 Å². The van der Waals surface area contributed by atoms with Crippen molar-refractivity contribution in [3.8, 4) is 0 Å². The fourth-order valence-electron chi connectivity index (χ4n) is 0.596. The first-order valence-electron chi connectivity index (χ1n) is 2.83. The minimum absolute atomic E-state index is 0. The van der Waals surface area contributed by atoms with E-state index in [1.54, 1.807) is 0 Å². The molecule has 2 radical (unpaired) electrons. The second-order valence-electron chi connectivity index (χ2n) is 2.34. The van der Waals surface area contributed by atoms with E-state index >= 15 is 0 Å². The Bertz CT molecular complexity index is 38.5. The molecular formula is C8H22InN. The van der Waals surface area contributed by atoms with Gasteiger partial charge in [0.25, 0.3) is 0 Å². The average molecular weight is 247 g/mol. The fourth-order valence-corrected chi connectivity index (χ4v) is 0.596. The molecule has 0 spiro atoms. The Kier molecular flexibility index (Phi) is 28.0. The largest absolute Gasteiger partial charge is 1.00 e. The maximum atomic E-state index is 4.28. The van der Waals surface area contributed by atoms with E-state index in [2.05, 4.69) is 33.0 Å². The van der Waals surface area contributed by atoms with Crippen LogP contribution < -0.4 is 0 Å². The summed E-state index contributed by atoms with van der Waals surface area (Å²) in [4.78, 5) is 0. The van der Waals surface area contributed by atoms with Gasteiger partial charge < -0.3 is 5.32 Å². The topological polar surface area (TPSA) is 14.1 Å². The van der Waals surface area contributed by atoms with Crippen molar-refractivity contribution in [3.05, 3.63) is 5.32 Å². The molecule has 0 aromatic heterocycles. The summed E-state index contributed by atoms with van der Waals surface area (Å²) in [5, 5.41) is 4.28. The van der Waals surface area contributed by atoms with Crippen molar-refractivity contribution in [3.63, 3.8) is 0 Å². The van der Waals surface area contributed by atoms with E-state index in [0.29, 0.717) is 12.1 Å². The predicted octanol–water partition coefficient (Wildman–Crippen LogP) is 3.07. The maximum absolute atomic E-state index is 4.28. The van der Waals surface area contributed by atoms with Crippen LogP contribution in [0.1, 0.15) is 42.5 Å². The normalized spacial score (nSPS) is 7.80. The Morgan fingerprint density at radius 1 is 0.800 bits per heavy atom. The minimum atomic E-state index is 0. The first-order valence-corrected chi connectivity index (χ1v) is 2.83. The van der Waals surface area contributed by atoms with E-state index in [1.807, 2.05) is 0 Å².